The second kappa shape index (κ2) is 30.8. The quantitative estimate of drug-likeness (QED) is 0.0449. The van der Waals surface area contributed by atoms with Crippen molar-refractivity contribution in [2.24, 2.45) is 5.73 Å². The highest BCUT2D eigenvalue weighted by Gasteiger charge is 2.19. The predicted molar refractivity (Wildman–Crippen MR) is 179 cm³/mol. The monoisotopic (exact) mass is 602 g/mol. The lowest BCUT2D eigenvalue weighted by Crippen LogP contribution is -2.40. The van der Waals surface area contributed by atoms with Gasteiger partial charge >= 0.3 is 11.9 Å². The minimum Gasteiger partial charge on any atom is -0.480 e. The molecule has 2 unspecified atom stereocenters. The molecule has 0 rings (SSSR count). The third kappa shape index (κ3) is 27.9. The summed E-state index contributed by atoms with van der Waals surface area (Å²) < 4.78 is 5.81. The first kappa shape index (κ1) is 40.3. The van der Waals surface area contributed by atoms with E-state index in [1.54, 1.807) is 0 Å². The number of amides is 1. The largest absolute Gasteiger partial charge is 0.480 e. The van der Waals surface area contributed by atoms with Crippen molar-refractivity contribution in [3.05, 3.63) is 48.6 Å². The minimum atomic E-state index is -1.02. The molecule has 0 spiro atoms. The lowest BCUT2D eigenvalue weighted by Gasteiger charge is -2.18. The van der Waals surface area contributed by atoms with Crippen LogP contribution in [0.4, 0.5) is 0 Å². The number of carbonyl (C=O) groups excluding carboxylic acids is 2. The normalized spacial score (nSPS) is 13.4. The lowest BCUT2D eigenvalue weighted by atomic mass is 10.0. The molecule has 0 aromatic rings. The number of hydrogen-bond acceptors (Lipinski definition) is 5. The van der Waals surface area contributed by atoms with Gasteiger partial charge in [-0.1, -0.05) is 94.6 Å². The Balaban J connectivity index is 3.99. The molecule has 0 bridgehead atoms. The summed E-state index contributed by atoms with van der Waals surface area (Å²) in [6, 6.07) is -0.876. The van der Waals surface area contributed by atoms with E-state index in [1.165, 1.54) is 0 Å². The number of allylic oxidation sites excluding steroid dienone is 8. The Labute approximate surface area is 262 Å². The van der Waals surface area contributed by atoms with Crippen LogP contribution in [-0.2, 0) is 19.1 Å². The molecule has 246 valence electrons. The van der Waals surface area contributed by atoms with Crippen LogP contribution < -0.4 is 11.1 Å². The molecule has 0 fully saturated rings. The molecule has 0 aliphatic heterocycles. The van der Waals surface area contributed by atoms with Crippen molar-refractivity contribution < 1.29 is 24.2 Å². The van der Waals surface area contributed by atoms with Gasteiger partial charge in [-0.2, -0.15) is 0 Å². The molecular formula is C36H62N2O5. The van der Waals surface area contributed by atoms with E-state index >= 15 is 0 Å². The number of unbranched alkanes of at least 4 members (excludes halogenated alkanes) is 7. The van der Waals surface area contributed by atoms with Gasteiger partial charge in [-0.15, -0.1) is 0 Å². The molecule has 7 heteroatoms. The average molecular weight is 603 g/mol. The van der Waals surface area contributed by atoms with Crippen LogP contribution >= 0.6 is 0 Å². The zero-order valence-electron chi connectivity index (χ0n) is 27.3. The average Bonchev–Trinajstić information content (AvgIpc) is 2.99. The third-order valence-electron chi connectivity index (χ3n) is 7.16. The summed E-state index contributed by atoms with van der Waals surface area (Å²) in [5.74, 6) is -1.36. The number of aliphatic carboxylic acids is 1. The van der Waals surface area contributed by atoms with E-state index in [-0.39, 0.29) is 18.0 Å². The maximum absolute atomic E-state index is 12.4. The van der Waals surface area contributed by atoms with Gasteiger partial charge in [0.2, 0.25) is 5.91 Å². The topological polar surface area (TPSA) is 119 Å². The highest BCUT2D eigenvalue weighted by atomic mass is 16.5. The van der Waals surface area contributed by atoms with Gasteiger partial charge in [0.05, 0.1) is 0 Å². The number of carboxylic acids is 1. The molecule has 4 N–H and O–H groups in total. The molecule has 0 aromatic carbocycles. The van der Waals surface area contributed by atoms with Gasteiger partial charge in [0.15, 0.2) is 0 Å². The van der Waals surface area contributed by atoms with E-state index < -0.39 is 12.0 Å². The van der Waals surface area contributed by atoms with E-state index in [9.17, 15) is 19.5 Å². The van der Waals surface area contributed by atoms with Crippen LogP contribution in [0.15, 0.2) is 48.6 Å². The molecule has 43 heavy (non-hydrogen) atoms. The Morgan fingerprint density at radius 3 is 1.91 bits per heavy atom. The molecule has 0 saturated carbocycles. The maximum Gasteiger partial charge on any atom is 0.326 e. The van der Waals surface area contributed by atoms with Crippen molar-refractivity contribution in [2.45, 2.75) is 154 Å². The molecule has 7 nitrogen and oxygen atoms in total. The SMILES string of the molecule is CC/C=C\C/C=C\C/C=C\C/C=C\CCCCCCC(=O)OC(CCCC)CCCCCC(=O)NC(CCCN)C(=O)O. The number of hydrogen-bond donors (Lipinski definition) is 3. The highest BCUT2D eigenvalue weighted by molar-refractivity contribution is 5.83. The molecule has 0 aliphatic carbocycles. The first-order chi connectivity index (χ1) is 20.9. The number of nitrogens with two attached hydrogens (primary N) is 1. The molecule has 1 amide bonds. The standard InChI is InChI=1S/C36H62N2O5/c1-3-5-7-8-9-10-11-12-13-14-15-16-17-18-19-20-24-30-35(40)43-32(26-6-4-2)27-22-21-23-29-34(39)38-33(36(41)42)28-25-31-37/h5,7,9-10,12-13,15-16,32-33H,3-4,6,8,11,14,17-31,37H2,1-2H3,(H,38,39)(H,41,42)/b7-5-,10-9-,13-12-,16-15-. The van der Waals surface area contributed by atoms with Crippen LogP contribution in [0.1, 0.15) is 142 Å². The first-order valence-electron chi connectivity index (χ1n) is 17.0. The fourth-order valence-corrected chi connectivity index (χ4v) is 4.60. The highest BCUT2D eigenvalue weighted by Crippen LogP contribution is 2.16. The van der Waals surface area contributed by atoms with Crippen LogP contribution in [0, 0.1) is 0 Å². The molecule has 0 aromatic heterocycles. The van der Waals surface area contributed by atoms with Gasteiger partial charge in [0.1, 0.15) is 12.1 Å². The van der Waals surface area contributed by atoms with Crippen LogP contribution in [0.25, 0.3) is 0 Å². The van der Waals surface area contributed by atoms with Crippen molar-refractivity contribution >= 4 is 17.8 Å². The Kier molecular flexibility index (Phi) is 28.9. The van der Waals surface area contributed by atoms with Crippen LogP contribution in [0.3, 0.4) is 0 Å². The van der Waals surface area contributed by atoms with Crippen LogP contribution in [0.5, 0.6) is 0 Å². The van der Waals surface area contributed by atoms with Gasteiger partial charge in [0.25, 0.3) is 0 Å². The van der Waals surface area contributed by atoms with Crippen LogP contribution in [-0.4, -0.2) is 41.6 Å². The number of rotatable bonds is 29. The lowest BCUT2D eigenvalue weighted by molar-refractivity contribution is -0.150. The molecule has 0 saturated heterocycles. The van der Waals surface area contributed by atoms with Crippen molar-refractivity contribution in [3.63, 3.8) is 0 Å². The van der Waals surface area contributed by atoms with E-state index in [0.717, 1.165) is 96.3 Å². The van der Waals surface area contributed by atoms with Crippen molar-refractivity contribution in [2.75, 3.05) is 6.54 Å². The van der Waals surface area contributed by atoms with Crippen molar-refractivity contribution in [3.8, 4) is 0 Å². The second-order valence-corrected chi connectivity index (χ2v) is 11.2. The summed E-state index contributed by atoms with van der Waals surface area (Å²) in [5, 5.41) is 11.8. The first-order valence-corrected chi connectivity index (χ1v) is 17.0. The van der Waals surface area contributed by atoms with E-state index in [1.807, 2.05) is 0 Å². The maximum atomic E-state index is 12.4. The van der Waals surface area contributed by atoms with E-state index in [4.69, 9.17) is 10.5 Å². The number of nitrogens with one attached hydrogen (secondary N) is 1. The fourth-order valence-electron chi connectivity index (χ4n) is 4.60. The molecule has 0 radical (unpaired) electrons. The Morgan fingerprint density at radius 2 is 1.28 bits per heavy atom. The summed E-state index contributed by atoms with van der Waals surface area (Å²) in [6.07, 6.45) is 34.8. The van der Waals surface area contributed by atoms with Gasteiger partial charge in [0, 0.05) is 12.8 Å². The molecule has 0 heterocycles. The number of carboxylic acid groups (broad SMARTS) is 1. The van der Waals surface area contributed by atoms with Gasteiger partial charge < -0.3 is 20.9 Å². The summed E-state index contributed by atoms with van der Waals surface area (Å²) in [7, 11) is 0. The smallest absolute Gasteiger partial charge is 0.326 e. The second-order valence-electron chi connectivity index (χ2n) is 11.2. The Bertz CT molecular complexity index is 818. The van der Waals surface area contributed by atoms with Crippen molar-refractivity contribution in [1.29, 1.82) is 0 Å². The van der Waals surface area contributed by atoms with E-state index in [0.29, 0.717) is 38.6 Å². The van der Waals surface area contributed by atoms with Gasteiger partial charge in [-0.05, 0) is 90.0 Å². The van der Waals surface area contributed by atoms with Crippen molar-refractivity contribution in [1.82, 2.24) is 5.32 Å². The Morgan fingerprint density at radius 1 is 0.698 bits per heavy atom. The molecule has 0 aliphatic rings. The third-order valence-corrected chi connectivity index (χ3v) is 7.16. The number of esters is 1. The fraction of sp³-hybridized carbons (Fsp3) is 0.694. The molecular weight excluding hydrogens is 540 g/mol. The minimum absolute atomic E-state index is 0.0629. The van der Waals surface area contributed by atoms with Gasteiger partial charge in [-0.25, -0.2) is 4.79 Å². The summed E-state index contributed by atoms with van der Waals surface area (Å²) in [5.41, 5.74) is 5.44. The van der Waals surface area contributed by atoms with E-state index in [2.05, 4.69) is 67.8 Å². The zero-order chi connectivity index (χ0) is 31.8. The zero-order valence-corrected chi connectivity index (χ0v) is 27.3. The Hall–Kier alpha value is -2.67. The number of ether oxygens (including phenoxy) is 1. The summed E-state index contributed by atoms with van der Waals surface area (Å²) in [4.78, 5) is 35.8. The van der Waals surface area contributed by atoms with Crippen LogP contribution in [0.2, 0.25) is 0 Å². The van der Waals surface area contributed by atoms with Gasteiger partial charge in [-0.3, -0.25) is 9.59 Å². The predicted octanol–water partition coefficient (Wildman–Crippen LogP) is 8.49. The summed E-state index contributed by atoms with van der Waals surface area (Å²) in [6.45, 7) is 4.68. The molecule has 2 atom stereocenters. The number of carbonyl (C=O) groups is 3. The summed E-state index contributed by atoms with van der Waals surface area (Å²) >= 11 is 0.